The molecule has 5 heteroatoms. The summed E-state index contributed by atoms with van der Waals surface area (Å²) in [5, 5.41) is 12.7. The number of likely N-dealkylation sites (N-methyl/N-ethyl adjacent to an activating group) is 1. The maximum absolute atomic E-state index is 12.9. The van der Waals surface area contributed by atoms with E-state index in [4.69, 9.17) is 0 Å². The number of aliphatic hydroxyl groups is 1. The number of para-hydroxylation sites is 1. The average molecular weight is 348 g/mol. The minimum atomic E-state index is -0.367. The van der Waals surface area contributed by atoms with Gasteiger partial charge in [0.2, 0.25) is 0 Å². The van der Waals surface area contributed by atoms with Gasteiger partial charge in [-0.3, -0.25) is 0 Å². The van der Waals surface area contributed by atoms with Gasteiger partial charge in [-0.15, -0.1) is 0 Å². The molecule has 0 saturated carbocycles. The average Bonchev–Trinajstić information content (AvgIpc) is 2.68. The van der Waals surface area contributed by atoms with Gasteiger partial charge in [0.05, 0.1) is 12.1 Å². The summed E-state index contributed by atoms with van der Waals surface area (Å²) >= 11 is 0. The number of nitrogens with one attached hydrogen (secondary N) is 1. The Kier molecular flexibility index (Phi) is 6.33. The van der Waals surface area contributed by atoms with Crippen LogP contribution in [0, 0.1) is 5.41 Å². The van der Waals surface area contributed by atoms with E-state index in [-0.39, 0.29) is 23.6 Å². The van der Waals surface area contributed by atoms with Crippen LogP contribution < -0.4 is 10.2 Å². The fraction of sp³-hybridized carbons (Fsp3) is 0.650. The van der Waals surface area contributed by atoms with Crippen molar-refractivity contribution in [3.63, 3.8) is 0 Å². The summed E-state index contributed by atoms with van der Waals surface area (Å²) in [7, 11) is 2.09. The monoisotopic (exact) mass is 347 g/mol. The first-order valence-electron chi connectivity index (χ1n) is 9.25. The smallest absolute Gasteiger partial charge is 0.318 e. The Balaban J connectivity index is 2.11. The Morgan fingerprint density at radius 3 is 2.72 bits per heavy atom. The lowest BCUT2D eigenvalue weighted by Gasteiger charge is -2.33. The van der Waals surface area contributed by atoms with Crippen LogP contribution in [0.4, 0.5) is 10.5 Å². The van der Waals surface area contributed by atoms with Gasteiger partial charge in [0.25, 0.3) is 0 Å². The topological polar surface area (TPSA) is 55.8 Å². The Hall–Kier alpha value is -1.75. The van der Waals surface area contributed by atoms with Gasteiger partial charge in [0.1, 0.15) is 0 Å². The molecule has 0 aliphatic carbocycles. The minimum absolute atomic E-state index is 0.0179. The van der Waals surface area contributed by atoms with E-state index in [0.717, 1.165) is 13.0 Å². The number of anilines is 1. The summed E-state index contributed by atoms with van der Waals surface area (Å²) in [6.45, 7) is 10.1. The predicted octanol–water partition coefficient (Wildman–Crippen LogP) is 3.22. The van der Waals surface area contributed by atoms with Gasteiger partial charge in [-0.25, -0.2) is 4.79 Å². The first-order chi connectivity index (χ1) is 11.7. The van der Waals surface area contributed by atoms with Crippen molar-refractivity contribution >= 4 is 11.7 Å². The van der Waals surface area contributed by atoms with Crippen molar-refractivity contribution in [3.8, 4) is 0 Å². The van der Waals surface area contributed by atoms with Gasteiger partial charge in [0, 0.05) is 32.4 Å². The maximum Gasteiger partial charge on any atom is 0.318 e. The van der Waals surface area contributed by atoms with E-state index in [2.05, 4.69) is 50.2 Å². The highest BCUT2D eigenvalue weighted by Crippen LogP contribution is 2.27. The molecule has 0 radical (unpaired) electrons. The van der Waals surface area contributed by atoms with Gasteiger partial charge in [-0.05, 0) is 36.8 Å². The Morgan fingerprint density at radius 2 is 2.08 bits per heavy atom. The number of aliphatic hydroxyl groups excluding tert-OH is 1. The third-order valence-corrected chi connectivity index (χ3v) is 4.97. The number of hydrogen-bond acceptors (Lipinski definition) is 3. The first kappa shape index (κ1) is 19.6. The van der Waals surface area contributed by atoms with Crippen molar-refractivity contribution in [3.05, 3.63) is 29.8 Å². The third kappa shape index (κ3) is 5.11. The van der Waals surface area contributed by atoms with Crippen LogP contribution in [0.1, 0.15) is 46.1 Å². The molecule has 0 bridgehead atoms. The molecule has 1 aliphatic heterocycles. The Bertz CT molecular complexity index is 586. The van der Waals surface area contributed by atoms with Crippen LogP contribution in [-0.4, -0.2) is 48.3 Å². The second-order valence-electron chi connectivity index (χ2n) is 8.08. The Morgan fingerprint density at radius 1 is 1.40 bits per heavy atom. The van der Waals surface area contributed by atoms with E-state index in [1.807, 2.05) is 17.0 Å². The molecule has 0 saturated heterocycles. The molecule has 140 valence electrons. The van der Waals surface area contributed by atoms with Gasteiger partial charge in [0.15, 0.2) is 0 Å². The summed E-state index contributed by atoms with van der Waals surface area (Å²) in [6.07, 6.45) is 1.22. The number of hydrogen-bond donors (Lipinski definition) is 2. The fourth-order valence-corrected chi connectivity index (χ4v) is 3.72. The molecule has 1 aromatic rings. The lowest BCUT2D eigenvalue weighted by Crippen LogP contribution is -2.49. The molecule has 25 heavy (non-hydrogen) atoms. The lowest BCUT2D eigenvalue weighted by atomic mass is 9.87. The van der Waals surface area contributed by atoms with E-state index in [9.17, 15) is 9.90 Å². The van der Waals surface area contributed by atoms with E-state index >= 15 is 0 Å². The van der Waals surface area contributed by atoms with Crippen LogP contribution in [0.3, 0.4) is 0 Å². The lowest BCUT2D eigenvalue weighted by molar-refractivity contribution is 0.124. The Labute approximate surface area is 152 Å². The fourth-order valence-electron chi connectivity index (χ4n) is 3.72. The molecular formula is C20H33N3O2. The SMILES string of the molecule is CCC1CN(C)c2ccccc2CN1C(=O)NCC(C)(C)CC(C)O. The normalized spacial score (nSPS) is 19.2. The minimum Gasteiger partial charge on any atom is -0.393 e. The number of nitrogens with zero attached hydrogens (tertiary/aromatic N) is 2. The van der Waals surface area contributed by atoms with Crippen LogP contribution in [0.25, 0.3) is 0 Å². The zero-order valence-corrected chi connectivity index (χ0v) is 16.2. The molecule has 0 fully saturated rings. The highest BCUT2D eigenvalue weighted by molar-refractivity contribution is 5.75. The molecule has 2 N–H and O–H groups in total. The molecular weight excluding hydrogens is 314 g/mol. The maximum atomic E-state index is 12.9. The molecule has 0 aromatic heterocycles. The standard InChI is InChI=1S/C20H33N3O2/c1-6-17-13-22(5)18-10-8-7-9-16(18)12-23(17)19(25)21-14-20(3,4)11-15(2)24/h7-10,15,17,24H,6,11-14H2,1-5H3,(H,21,25). The highest BCUT2D eigenvalue weighted by atomic mass is 16.3. The van der Waals surface area contributed by atoms with Crippen LogP contribution >= 0.6 is 0 Å². The molecule has 2 unspecified atom stereocenters. The van der Waals surface area contributed by atoms with Gasteiger partial charge < -0.3 is 20.2 Å². The second kappa shape index (κ2) is 8.09. The quantitative estimate of drug-likeness (QED) is 0.860. The van der Waals surface area contributed by atoms with E-state index in [1.54, 1.807) is 6.92 Å². The van der Waals surface area contributed by atoms with Crippen molar-refractivity contribution in [2.45, 2.75) is 59.2 Å². The number of benzene rings is 1. The second-order valence-corrected chi connectivity index (χ2v) is 8.08. The molecule has 2 amide bonds. The van der Waals surface area contributed by atoms with Gasteiger partial charge >= 0.3 is 6.03 Å². The van der Waals surface area contributed by atoms with E-state index < -0.39 is 0 Å². The molecule has 2 rings (SSSR count). The van der Waals surface area contributed by atoms with Crippen molar-refractivity contribution in [2.24, 2.45) is 5.41 Å². The van der Waals surface area contributed by atoms with Crippen molar-refractivity contribution in [2.75, 3.05) is 25.0 Å². The highest BCUT2D eigenvalue weighted by Gasteiger charge is 2.30. The number of rotatable bonds is 5. The van der Waals surface area contributed by atoms with Crippen LogP contribution in [-0.2, 0) is 6.54 Å². The summed E-state index contributed by atoms with van der Waals surface area (Å²) in [5.74, 6) is 0. The summed E-state index contributed by atoms with van der Waals surface area (Å²) in [6, 6.07) is 8.45. The third-order valence-electron chi connectivity index (χ3n) is 4.97. The van der Waals surface area contributed by atoms with E-state index in [0.29, 0.717) is 19.5 Å². The largest absolute Gasteiger partial charge is 0.393 e. The summed E-state index contributed by atoms with van der Waals surface area (Å²) in [4.78, 5) is 17.1. The van der Waals surface area contributed by atoms with Crippen molar-refractivity contribution in [1.82, 2.24) is 10.2 Å². The van der Waals surface area contributed by atoms with Gasteiger partial charge in [-0.2, -0.15) is 0 Å². The number of carbonyl (C=O) groups is 1. The first-order valence-corrected chi connectivity index (χ1v) is 9.25. The zero-order valence-electron chi connectivity index (χ0n) is 16.2. The number of carbonyl (C=O) groups excluding carboxylic acids is 1. The molecule has 1 aromatic carbocycles. The molecule has 0 spiro atoms. The van der Waals surface area contributed by atoms with Crippen LogP contribution in [0.15, 0.2) is 24.3 Å². The molecule has 1 heterocycles. The van der Waals surface area contributed by atoms with Crippen molar-refractivity contribution < 1.29 is 9.90 Å². The van der Waals surface area contributed by atoms with Gasteiger partial charge in [-0.1, -0.05) is 39.0 Å². The number of fused-ring (bicyclic) bond motifs is 1. The van der Waals surface area contributed by atoms with Crippen LogP contribution in [0.5, 0.6) is 0 Å². The molecule has 5 nitrogen and oxygen atoms in total. The summed E-state index contributed by atoms with van der Waals surface area (Å²) in [5.41, 5.74) is 2.25. The number of urea groups is 1. The number of amides is 2. The summed E-state index contributed by atoms with van der Waals surface area (Å²) < 4.78 is 0. The van der Waals surface area contributed by atoms with E-state index in [1.165, 1.54) is 11.3 Å². The molecule has 2 atom stereocenters. The molecule has 1 aliphatic rings. The van der Waals surface area contributed by atoms with Crippen LogP contribution in [0.2, 0.25) is 0 Å². The van der Waals surface area contributed by atoms with Crippen molar-refractivity contribution in [1.29, 1.82) is 0 Å². The zero-order chi connectivity index (χ0) is 18.6. The predicted molar refractivity (Wildman–Crippen MR) is 103 cm³/mol.